The Balaban J connectivity index is 1.74. The Labute approximate surface area is 220 Å². The van der Waals surface area contributed by atoms with Crippen molar-refractivity contribution >= 4 is 39.6 Å². The number of unbranched alkanes of at least 4 members (excludes halogenated alkanes) is 2. The molecule has 0 bridgehead atoms. The van der Waals surface area contributed by atoms with Crippen LogP contribution in [-0.4, -0.2) is 39.8 Å². The van der Waals surface area contributed by atoms with Crippen LogP contribution < -0.4 is 10.2 Å². The number of fused-ring (bicyclic) bond motifs is 3. The number of anilines is 1. The molecule has 0 spiro atoms. The van der Waals surface area contributed by atoms with Crippen LogP contribution in [0, 0.1) is 10.8 Å². The van der Waals surface area contributed by atoms with Crippen LogP contribution >= 0.6 is 0 Å². The number of amides is 1. The molecule has 0 unspecified atom stereocenters. The van der Waals surface area contributed by atoms with Crippen molar-refractivity contribution in [2.45, 2.75) is 87.0 Å². The fourth-order valence-corrected chi connectivity index (χ4v) is 4.80. The van der Waals surface area contributed by atoms with Crippen LogP contribution in [-0.2, 0) is 20.7 Å². The van der Waals surface area contributed by atoms with E-state index in [0.717, 1.165) is 54.3 Å². The summed E-state index contributed by atoms with van der Waals surface area (Å²) in [6.45, 7) is 14.7. The molecule has 1 amide bonds. The van der Waals surface area contributed by atoms with Crippen molar-refractivity contribution in [3.63, 3.8) is 0 Å². The Kier molecular flexibility index (Phi) is 9.16. The number of hydrogen-bond donors (Lipinski definition) is 1. The summed E-state index contributed by atoms with van der Waals surface area (Å²) in [7, 11) is 0. The van der Waals surface area contributed by atoms with Gasteiger partial charge >= 0.3 is 5.97 Å². The lowest BCUT2D eigenvalue weighted by molar-refractivity contribution is -0.155. The van der Waals surface area contributed by atoms with E-state index in [0.29, 0.717) is 31.0 Å². The van der Waals surface area contributed by atoms with Gasteiger partial charge in [-0.15, -0.1) is 0 Å². The Hall–Kier alpha value is -3.16. The minimum atomic E-state index is -0.515. The first-order valence-electron chi connectivity index (χ1n) is 13.3. The molecule has 37 heavy (non-hydrogen) atoms. The summed E-state index contributed by atoms with van der Waals surface area (Å²) >= 11 is 0. The van der Waals surface area contributed by atoms with Gasteiger partial charge in [-0.25, -0.2) is 9.97 Å². The summed E-state index contributed by atoms with van der Waals surface area (Å²) in [4.78, 5) is 40.2. The first-order valence-corrected chi connectivity index (χ1v) is 13.3. The second-order valence-electron chi connectivity index (χ2n) is 11.6. The average Bonchev–Trinajstić information content (AvgIpc) is 3.16. The molecule has 202 valence electrons. The van der Waals surface area contributed by atoms with Gasteiger partial charge in [-0.1, -0.05) is 52.3 Å². The molecule has 0 fully saturated rings. The van der Waals surface area contributed by atoms with Crippen molar-refractivity contribution in [1.29, 1.82) is 0 Å². The van der Waals surface area contributed by atoms with Gasteiger partial charge in [0.05, 0.1) is 17.5 Å². The highest BCUT2D eigenvalue weighted by Gasteiger charge is 2.33. The standard InChI is InChI=1S/C29H42N4O4/c1-8-9-16-23-32-24-25(21-14-10-11-15-22(21)31-26(24)30-20(2)34)33(23)37-18-13-12-17-36-27(35)29(6,7)19-28(3,4)5/h10-11,14-15H,8-9,12-13,16-19H2,1-7H3,(H,30,31,34). The molecule has 2 heterocycles. The molecule has 0 aliphatic carbocycles. The molecule has 1 aromatic carbocycles. The highest BCUT2D eigenvalue weighted by Crippen LogP contribution is 2.34. The lowest BCUT2D eigenvalue weighted by Gasteiger charge is -2.30. The van der Waals surface area contributed by atoms with Crippen molar-refractivity contribution in [3.05, 3.63) is 30.1 Å². The normalized spacial score (nSPS) is 12.2. The van der Waals surface area contributed by atoms with Gasteiger partial charge in [0.2, 0.25) is 5.91 Å². The van der Waals surface area contributed by atoms with Crippen LogP contribution in [0.25, 0.3) is 21.9 Å². The fraction of sp³-hybridized carbons (Fsp3) is 0.586. The molecule has 0 aliphatic rings. The number of nitrogens with one attached hydrogen (secondary N) is 1. The van der Waals surface area contributed by atoms with Gasteiger partial charge in [-0.2, -0.15) is 4.73 Å². The van der Waals surface area contributed by atoms with E-state index in [-0.39, 0.29) is 17.3 Å². The maximum absolute atomic E-state index is 12.6. The molecule has 0 saturated heterocycles. The Morgan fingerprint density at radius 3 is 2.38 bits per heavy atom. The predicted octanol–water partition coefficient (Wildman–Crippen LogP) is 6.10. The van der Waals surface area contributed by atoms with Gasteiger partial charge in [0.1, 0.15) is 23.5 Å². The third kappa shape index (κ3) is 7.43. The zero-order valence-corrected chi connectivity index (χ0v) is 23.4. The Morgan fingerprint density at radius 1 is 1.00 bits per heavy atom. The third-order valence-electron chi connectivity index (χ3n) is 6.08. The predicted molar refractivity (Wildman–Crippen MR) is 147 cm³/mol. The van der Waals surface area contributed by atoms with Crippen LogP contribution in [0.15, 0.2) is 24.3 Å². The molecule has 2 aromatic heterocycles. The minimum Gasteiger partial charge on any atom is -0.465 e. The van der Waals surface area contributed by atoms with E-state index in [4.69, 9.17) is 14.6 Å². The van der Waals surface area contributed by atoms with Gasteiger partial charge in [0.15, 0.2) is 5.82 Å². The second-order valence-corrected chi connectivity index (χ2v) is 11.6. The fourth-order valence-electron chi connectivity index (χ4n) is 4.80. The highest BCUT2D eigenvalue weighted by molar-refractivity contribution is 6.09. The van der Waals surface area contributed by atoms with Crippen LogP contribution in [0.5, 0.6) is 0 Å². The van der Waals surface area contributed by atoms with Gasteiger partial charge in [-0.3, -0.25) is 9.59 Å². The van der Waals surface area contributed by atoms with Crippen molar-refractivity contribution in [3.8, 4) is 0 Å². The Bertz CT molecular complexity index is 1240. The number of carbonyl (C=O) groups excluding carboxylic acids is 2. The monoisotopic (exact) mass is 510 g/mol. The number of pyridine rings is 1. The van der Waals surface area contributed by atoms with E-state index in [2.05, 4.69) is 38.0 Å². The first-order chi connectivity index (χ1) is 17.4. The molecule has 8 nitrogen and oxygen atoms in total. The summed E-state index contributed by atoms with van der Waals surface area (Å²) in [5.74, 6) is 0.883. The Morgan fingerprint density at radius 2 is 1.70 bits per heavy atom. The molecule has 8 heteroatoms. The van der Waals surface area contributed by atoms with Crippen molar-refractivity contribution in [2.75, 3.05) is 18.5 Å². The summed E-state index contributed by atoms with van der Waals surface area (Å²) < 4.78 is 7.39. The van der Waals surface area contributed by atoms with Crippen molar-refractivity contribution < 1.29 is 19.2 Å². The topological polar surface area (TPSA) is 95.3 Å². The van der Waals surface area contributed by atoms with E-state index < -0.39 is 5.41 Å². The lowest BCUT2D eigenvalue weighted by Crippen LogP contribution is -2.31. The number of aryl methyl sites for hydroxylation is 1. The second kappa shape index (κ2) is 11.9. The molecule has 0 saturated carbocycles. The quantitative estimate of drug-likeness (QED) is 0.234. The number of carbonyl (C=O) groups is 2. The smallest absolute Gasteiger partial charge is 0.311 e. The number of nitrogens with zero attached hydrogens (tertiary/aromatic N) is 3. The van der Waals surface area contributed by atoms with Crippen LogP contribution in [0.1, 0.15) is 86.4 Å². The van der Waals surface area contributed by atoms with Gasteiger partial charge < -0.3 is 14.9 Å². The van der Waals surface area contributed by atoms with E-state index >= 15 is 0 Å². The van der Waals surface area contributed by atoms with E-state index in [1.807, 2.05) is 38.1 Å². The zero-order valence-electron chi connectivity index (χ0n) is 23.4. The molecule has 0 atom stereocenters. The van der Waals surface area contributed by atoms with Crippen LogP contribution in [0.4, 0.5) is 5.82 Å². The van der Waals surface area contributed by atoms with Crippen LogP contribution in [0.3, 0.4) is 0 Å². The largest absolute Gasteiger partial charge is 0.465 e. The molecule has 3 rings (SSSR count). The average molecular weight is 511 g/mol. The summed E-state index contributed by atoms with van der Waals surface area (Å²) in [5, 5.41) is 3.74. The first kappa shape index (κ1) is 28.4. The highest BCUT2D eigenvalue weighted by atomic mass is 16.7. The summed E-state index contributed by atoms with van der Waals surface area (Å²) in [5.41, 5.74) is 1.72. The number of ether oxygens (including phenoxy) is 1. The molecular weight excluding hydrogens is 468 g/mol. The maximum Gasteiger partial charge on any atom is 0.311 e. The molecule has 3 aromatic rings. The number of aromatic nitrogens is 3. The van der Waals surface area contributed by atoms with E-state index in [1.165, 1.54) is 6.92 Å². The molecule has 1 N–H and O–H groups in total. The third-order valence-corrected chi connectivity index (χ3v) is 6.08. The number of rotatable bonds is 12. The van der Waals surface area contributed by atoms with Crippen LogP contribution in [0.2, 0.25) is 0 Å². The minimum absolute atomic E-state index is 0.0545. The number of para-hydroxylation sites is 1. The van der Waals surface area contributed by atoms with Gasteiger partial charge in [-0.05, 0) is 51.0 Å². The maximum atomic E-state index is 12.6. The zero-order chi connectivity index (χ0) is 27.2. The summed E-state index contributed by atoms with van der Waals surface area (Å²) in [6, 6.07) is 7.78. The summed E-state index contributed by atoms with van der Waals surface area (Å²) in [6.07, 6.45) is 4.93. The van der Waals surface area contributed by atoms with Crippen molar-refractivity contribution in [2.24, 2.45) is 10.8 Å². The SMILES string of the molecule is CCCCc1nc2c(NC(C)=O)nc3ccccc3c2n1OCCCCOC(=O)C(C)(C)CC(C)(C)C. The van der Waals surface area contributed by atoms with E-state index in [9.17, 15) is 9.59 Å². The molecule has 0 radical (unpaired) electrons. The number of imidazole rings is 1. The number of hydrogen-bond acceptors (Lipinski definition) is 6. The van der Waals surface area contributed by atoms with Gasteiger partial charge in [0, 0.05) is 18.7 Å². The number of esters is 1. The molecule has 0 aliphatic heterocycles. The van der Waals surface area contributed by atoms with Gasteiger partial charge in [0.25, 0.3) is 0 Å². The van der Waals surface area contributed by atoms with E-state index in [1.54, 1.807) is 4.73 Å². The lowest BCUT2D eigenvalue weighted by atomic mass is 9.76. The molecular formula is C29H42N4O4. The van der Waals surface area contributed by atoms with Crippen molar-refractivity contribution in [1.82, 2.24) is 14.7 Å². The number of benzene rings is 1.